The van der Waals surface area contributed by atoms with Crippen LogP contribution in [-0.4, -0.2) is 9.55 Å². The minimum atomic E-state index is 0.523. The molecule has 2 heterocycles. The van der Waals surface area contributed by atoms with Gasteiger partial charge in [0.25, 0.3) is 0 Å². The van der Waals surface area contributed by atoms with Gasteiger partial charge in [-0.2, -0.15) is 0 Å². The average Bonchev–Trinajstić information content (AvgIpc) is 2.65. The summed E-state index contributed by atoms with van der Waals surface area (Å²) in [5.74, 6) is 0. The Hall–Kier alpha value is -1.48. The van der Waals surface area contributed by atoms with E-state index in [1.54, 1.807) is 6.20 Å². The summed E-state index contributed by atoms with van der Waals surface area (Å²) < 4.78 is 2.31. The second-order valence-electron chi connectivity index (χ2n) is 4.85. The molecule has 0 unspecified atom stereocenters. The normalized spacial score (nSPS) is 10.8. The lowest BCUT2D eigenvalue weighted by molar-refractivity contribution is 0.715. The molecule has 0 saturated carbocycles. The van der Waals surface area contributed by atoms with Crippen LogP contribution in [0.3, 0.4) is 0 Å². The molecule has 4 heteroatoms. The molecule has 0 aliphatic rings. The van der Waals surface area contributed by atoms with E-state index >= 15 is 0 Å². The van der Waals surface area contributed by atoms with Gasteiger partial charge in [-0.25, -0.2) is 4.98 Å². The number of nitrogens with zero attached hydrogens (tertiary/aromatic N) is 2. The number of anilines is 1. The molecule has 1 N–H and O–H groups in total. The van der Waals surface area contributed by atoms with E-state index in [9.17, 15) is 0 Å². The first-order chi connectivity index (χ1) is 9.02. The van der Waals surface area contributed by atoms with E-state index in [1.165, 1.54) is 17.0 Å². The molecule has 3 nitrogen and oxygen atoms in total. The molecular formula is C15H20ClN3. The monoisotopic (exact) mass is 277 g/mol. The highest BCUT2D eigenvalue weighted by molar-refractivity contribution is 6.31. The number of halogens is 1. The quantitative estimate of drug-likeness (QED) is 0.853. The Morgan fingerprint density at radius 1 is 1.26 bits per heavy atom. The van der Waals surface area contributed by atoms with Crippen molar-refractivity contribution in [3.05, 3.63) is 46.0 Å². The molecule has 0 fully saturated rings. The highest BCUT2D eigenvalue weighted by Crippen LogP contribution is 2.22. The van der Waals surface area contributed by atoms with E-state index in [2.05, 4.69) is 41.7 Å². The standard InChI is InChI=1S/C15H20ClN3/c1-5-19-11(3)7-13(12(19)4)9-17-14-6-10(2)8-18-15(14)16/h6-8,17H,5,9H2,1-4H3. The third-order valence-corrected chi connectivity index (χ3v) is 3.74. The Morgan fingerprint density at radius 3 is 2.63 bits per heavy atom. The van der Waals surface area contributed by atoms with Gasteiger partial charge in [0.15, 0.2) is 5.15 Å². The molecule has 0 radical (unpaired) electrons. The summed E-state index contributed by atoms with van der Waals surface area (Å²) in [6.45, 7) is 10.2. The summed E-state index contributed by atoms with van der Waals surface area (Å²) in [6.07, 6.45) is 1.77. The maximum absolute atomic E-state index is 6.09. The van der Waals surface area contributed by atoms with Crippen molar-refractivity contribution < 1.29 is 0 Å². The van der Waals surface area contributed by atoms with Crippen LogP contribution in [0.5, 0.6) is 0 Å². The summed E-state index contributed by atoms with van der Waals surface area (Å²) in [5.41, 5.74) is 5.90. The van der Waals surface area contributed by atoms with Crippen molar-refractivity contribution in [2.75, 3.05) is 5.32 Å². The molecule has 19 heavy (non-hydrogen) atoms. The molecule has 0 aliphatic heterocycles. The van der Waals surface area contributed by atoms with Crippen molar-refractivity contribution in [1.82, 2.24) is 9.55 Å². The molecule has 102 valence electrons. The SMILES string of the molecule is CCn1c(C)cc(CNc2cc(C)cnc2Cl)c1C. The molecule has 0 aromatic carbocycles. The summed E-state index contributed by atoms with van der Waals surface area (Å²) in [7, 11) is 0. The molecule has 0 saturated heterocycles. The minimum absolute atomic E-state index is 0.523. The number of aromatic nitrogens is 2. The molecule has 2 aromatic rings. The highest BCUT2D eigenvalue weighted by atomic mass is 35.5. The zero-order chi connectivity index (χ0) is 14.0. The number of pyridine rings is 1. The first kappa shape index (κ1) is 13.9. The van der Waals surface area contributed by atoms with Crippen molar-refractivity contribution in [3.8, 4) is 0 Å². The number of hydrogen-bond donors (Lipinski definition) is 1. The second kappa shape index (κ2) is 5.66. The lowest BCUT2D eigenvalue weighted by Gasteiger charge is -2.09. The minimum Gasteiger partial charge on any atom is -0.378 e. The molecule has 0 spiro atoms. The third kappa shape index (κ3) is 2.92. The van der Waals surface area contributed by atoms with Crippen LogP contribution in [0.1, 0.15) is 29.4 Å². The predicted octanol–water partition coefficient (Wildman–Crippen LogP) is 4.09. The van der Waals surface area contributed by atoms with E-state index in [0.29, 0.717) is 5.15 Å². The molecule has 0 bridgehead atoms. The van der Waals surface area contributed by atoms with Gasteiger partial charge in [0, 0.05) is 30.7 Å². The van der Waals surface area contributed by atoms with Gasteiger partial charge in [-0.3, -0.25) is 0 Å². The summed E-state index contributed by atoms with van der Waals surface area (Å²) in [4.78, 5) is 4.15. The number of hydrogen-bond acceptors (Lipinski definition) is 2. The summed E-state index contributed by atoms with van der Waals surface area (Å²) in [6, 6.07) is 4.25. The van der Waals surface area contributed by atoms with Gasteiger partial charge in [0.2, 0.25) is 0 Å². The summed E-state index contributed by atoms with van der Waals surface area (Å²) >= 11 is 6.09. The molecule has 0 amide bonds. The maximum Gasteiger partial charge on any atom is 0.152 e. The van der Waals surface area contributed by atoms with E-state index in [-0.39, 0.29) is 0 Å². The van der Waals surface area contributed by atoms with Crippen LogP contribution in [0.15, 0.2) is 18.3 Å². The maximum atomic E-state index is 6.09. The zero-order valence-electron chi connectivity index (χ0n) is 11.9. The predicted molar refractivity (Wildman–Crippen MR) is 80.9 cm³/mol. The van der Waals surface area contributed by atoms with Crippen LogP contribution in [0.25, 0.3) is 0 Å². The van der Waals surface area contributed by atoms with Gasteiger partial charge in [0.1, 0.15) is 0 Å². The van der Waals surface area contributed by atoms with Gasteiger partial charge in [0.05, 0.1) is 5.69 Å². The first-order valence-electron chi connectivity index (χ1n) is 6.54. The van der Waals surface area contributed by atoms with Crippen LogP contribution in [0.2, 0.25) is 5.15 Å². The van der Waals surface area contributed by atoms with Gasteiger partial charge in [-0.15, -0.1) is 0 Å². The topological polar surface area (TPSA) is 29.9 Å². The van der Waals surface area contributed by atoms with Crippen molar-refractivity contribution in [1.29, 1.82) is 0 Å². The van der Waals surface area contributed by atoms with E-state index in [4.69, 9.17) is 11.6 Å². The molecule has 2 aromatic heterocycles. The average molecular weight is 278 g/mol. The fourth-order valence-corrected chi connectivity index (χ4v) is 2.58. The van der Waals surface area contributed by atoms with E-state index in [1.807, 2.05) is 13.0 Å². The Kier molecular flexibility index (Phi) is 4.15. The number of aryl methyl sites for hydroxylation is 2. The fraction of sp³-hybridized carbons (Fsp3) is 0.400. The number of rotatable bonds is 4. The lowest BCUT2D eigenvalue weighted by atomic mass is 10.2. The molecular weight excluding hydrogens is 258 g/mol. The largest absolute Gasteiger partial charge is 0.378 e. The van der Waals surface area contributed by atoms with E-state index < -0.39 is 0 Å². The first-order valence-corrected chi connectivity index (χ1v) is 6.92. The van der Waals surface area contributed by atoms with Gasteiger partial charge in [-0.1, -0.05) is 11.6 Å². The summed E-state index contributed by atoms with van der Waals surface area (Å²) in [5, 5.41) is 3.89. The van der Waals surface area contributed by atoms with Crippen LogP contribution in [-0.2, 0) is 13.1 Å². The van der Waals surface area contributed by atoms with Crippen molar-refractivity contribution in [3.63, 3.8) is 0 Å². The Morgan fingerprint density at radius 2 is 2.00 bits per heavy atom. The van der Waals surface area contributed by atoms with Crippen LogP contribution in [0.4, 0.5) is 5.69 Å². The highest BCUT2D eigenvalue weighted by Gasteiger charge is 2.08. The van der Waals surface area contributed by atoms with Crippen LogP contribution in [0, 0.1) is 20.8 Å². The van der Waals surface area contributed by atoms with Crippen molar-refractivity contribution >= 4 is 17.3 Å². The van der Waals surface area contributed by atoms with Crippen molar-refractivity contribution in [2.24, 2.45) is 0 Å². The Balaban J connectivity index is 2.17. The Labute approximate surface area is 119 Å². The number of nitrogens with one attached hydrogen (secondary N) is 1. The fourth-order valence-electron chi connectivity index (χ4n) is 2.40. The molecule has 0 aliphatic carbocycles. The zero-order valence-corrected chi connectivity index (χ0v) is 12.7. The van der Waals surface area contributed by atoms with Gasteiger partial charge in [-0.05, 0) is 51.0 Å². The van der Waals surface area contributed by atoms with Crippen LogP contribution >= 0.6 is 11.6 Å². The second-order valence-corrected chi connectivity index (χ2v) is 5.20. The van der Waals surface area contributed by atoms with E-state index in [0.717, 1.165) is 24.3 Å². The lowest BCUT2D eigenvalue weighted by Crippen LogP contribution is -2.04. The van der Waals surface area contributed by atoms with Crippen molar-refractivity contribution in [2.45, 2.75) is 40.8 Å². The Bertz CT molecular complexity index is 587. The van der Waals surface area contributed by atoms with Gasteiger partial charge < -0.3 is 9.88 Å². The molecule has 2 rings (SSSR count). The van der Waals surface area contributed by atoms with Gasteiger partial charge >= 0.3 is 0 Å². The van der Waals surface area contributed by atoms with Crippen LogP contribution < -0.4 is 5.32 Å². The molecule has 0 atom stereocenters. The third-order valence-electron chi connectivity index (χ3n) is 3.44. The smallest absolute Gasteiger partial charge is 0.152 e.